The quantitative estimate of drug-likeness (QED) is 0.666. The fourth-order valence-electron chi connectivity index (χ4n) is 1.46. The summed E-state index contributed by atoms with van der Waals surface area (Å²) in [5.74, 6) is -0.297. The van der Waals surface area contributed by atoms with E-state index in [2.05, 4.69) is 5.32 Å². The number of nitrogens with one attached hydrogen (secondary N) is 1. The summed E-state index contributed by atoms with van der Waals surface area (Å²) >= 11 is 6.01. The van der Waals surface area contributed by atoms with Gasteiger partial charge in [0.25, 0.3) is 5.69 Å². The van der Waals surface area contributed by atoms with Gasteiger partial charge < -0.3 is 5.32 Å². The van der Waals surface area contributed by atoms with Crippen LogP contribution in [0.5, 0.6) is 0 Å². The van der Waals surface area contributed by atoms with Crippen molar-refractivity contribution in [3.05, 3.63) is 32.8 Å². The Labute approximate surface area is 104 Å². The Morgan fingerprint density at radius 3 is 2.47 bits per heavy atom. The molecular weight excluding hydrogens is 244 g/mol. The molecule has 0 radical (unpaired) electrons. The number of amides is 1. The number of nitrogens with zero attached hydrogens (tertiary/aromatic N) is 1. The predicted molar refractivity (Wildman–Crippen MR) is 66.5 cm³/mol. The van der Waals surface area contributed by atoms with Crippen LogP contribution in [0.1, 0.15) is 32.3 Å². The third-order valence-electron chi connectivity index (χ3n) is 2.24. The monoisotopic (exact) mass is 256 g/mol. The number of nitro benzene ring substituents is 1. The van der Waals surface area contributed by atoms with Crippen molar-refractivity contribution in [2.24, 2.45) is 0 Å². The van der Waals surface area contributed by atoms with E-state index in [0.29, 0.717) is 10.6 Å². The fourth-order valence-corrected chi connectivity index (χ4v) is 1.84. The summed E-state index contributed by atoms with van der Waals surface area (Å²) in [7, 11) is 0. The maximum absolute atomic E-state index is 10.9. The third-order valence-corrected chi connectivity index (χ3v) is 2.57. The molecule has 17 heavy (non-hydrogen) atoms. The molecule has 0 aliphatic carbocycles. The molecule has 1 rings (SSSR count). The molecule has 1 aromatic carbocycles. The molecule has 1 aromatic rings. The van der Waals surface area contributed by atoms with E-state index >= 15 is 0 Å². The van der Waals surface area contributed by atoms with Gasteiger partial charge in [-0.2, -0.15) is 0 Å². The summed E-state index contributed by atoms with van der Waals surface area (Å²) < 4.78 is 0. The summed E-state index contributed by atoms with van der Waals surface area (Å²) in [6.45, 7) is 5.07. The first-order valence-electron chi connectivity index (χ1n) is 5.08. The van der Waals surface area contributed by atoms with Gasteiger partial charge in [0.2, 0.25) is 5.91 Å². The third kappa shape index (κ3) is 3.17. The topological polar surface area (TPSA) is 72.2 Å². The molecule has 0 unspecified atom stereocenters. The molecule has 0 aliphatic heterocycles. The summed E-state index contributed by atoms with van der Waals surface area (Å²) in [6.07, 6.45) is 0. The molecule has 0 saturated carbocycles. The number of hydrogen-bond donors (Lipinski definition) is 1. The number of rotatable bonds is 3. The second-order valence-corrected chi connectivity index (χ2v) is 4.39. The summed E-state index contributed by atoms with van der Waals surface area (Å²) in [5.41, 5.74) is 0.665. The molecule has 0 heterocycles. The van der Waals surface area contributed by atoms with E-state index < -0.39 is 4.92 Å². The Morgan fingerprint density at radius 1 is 1.47 bits per heavy atom. The smallest absolute Gasteiger partial charge is 0.293 e. The van der Waals surface area contributed by atoms with Crippen LogP contribution in [0.4, 0.5) is 11.4 Å². The van der Waals surface area contributed by atoms with E-state index in [9.17, 15) is 14.9 Å². The average molecular weight is 257 g/mol. The van der Waals surface area contributed by atoms with Crippen LogP contribution in [0.25, 0.3) is 0 Å². The first kappa shape index (κ1) is 13.4. The number of hydrogen-bond acceptors (Lipinski definition) is 3. The Balaban J connectivity index is 3.35. The second-order valence-electron chi connectivity index (χ2n) is 3.98. The summed E-state index contributed by atoms with van der Waals surface area (Å²) in [6, 6.07) is 2.81. The van der Waals surface area contributed by atoms with E-state index in [1.54, 1.807) is 0 Å². The predicted octanol–water partition coefficient (Wildman–Crippen LogP) is 3.33. The second kappa shape index (κ2) is 5.14. The lowest BCUT2D eigenvalue weighted by molar-refractivity contribution is -0.384. The zero-order valence-electron chi connectivity index (χ0n) is 9.78. The highest BCUT2D eigenvalue weighted by Crippen LogP contribution is 2.34. The summed E-state index contributed by atoms with van der Waals surface area (Å²) in [5, 5.41) is 13.7. The van der Waals surface area contributed by atoms with Crippen molar-refractivity contribution >= 4 is 28.9 Å². The van der Waals surface area contributed by atoms with Gasteiger partial charge in [-0.25, -0.2) is 0 Å². The molecule has 5 nitrogen and oxygen atoms in total. The van der Waals surface area contributed by atoms with Crippen LogP contribution in [-0.4, -0.2) is 10.8 Å². The van der Waals surface area contributed by atoms with Gasteiger partial charge >= 0.3 is 0 Å². The molecule has 0 bridgehead atoms. The van der Waals surface area contributed by atoms with E-state index in [1.807, 2.05) is 13.8 Å². The zero-order chi connectivity index (χ0) is 13.2. The number of carbonyl (C=O) groups is 1. The molecule has 0 aliphatic rings. The zero-order valence-corrected chi connectivity index (χ0v) is 10.5. The van der Waals surface area contributed by atoms with Gasteiger partial charge in [-0.1, -0.05) is 25.4 Å². The number of anilines is 1. The van der Waals surface area contributed by atoms with Gasteiger partial charge in [0, 0.05) is 18.0 Å². The SMILES string of the molecule is CC(=O)Nc1cc(Cl)c(C(C)C)cc1[N+](=O)[O-]. The Kier molecular flexibility index (Phi) is 4.07. The van der Waals surface area contributed by atoms with E-state index in [1.165, 1.54) is 19.1 Å². The van der Waals surface area contributed by atoms with Crippen molar-refractivity contribution in [1.82, 2.24) is 0 Å². The van der Waals surface area contributed by atoms with Gasteiger partial charge in [-0.15, -0.1) is 0 Å². The molecule has 0 fully saturated rings. The average Bonchev–Trinajstić information content (AvgIpc) is 2.15. The Bertz CT molecular complexity index is 472. The fraction of sp³-hybridized carbons (Fsp3) is 0.364. The molecule has 92 valence electrons. The number of nitro groups is 1. The van der Waals surface area contributed by atoms with E-state index in [-0.39, 0.29) is 23.2 Å². The molecule has 1 N–H and O–H groups in total. The van der Waals surface area contributed by atoms with Crippen molar-refractivity contribution in [2.45, 2.75) is 26.7 Å². The van der Waals surface area contributed by atoms with Crippen molar-refractivity contribution in [1.29, 1.82) is 0 Å². The van der Waals surface area contributed by atoms with Crippen molar-refractivity contribution in [2.75, 3.05) is 5.32 Å². The molecule has 0 saturated heterocycles. The van der Waals surface area contributed by atoms with Crippen LogP contribution in [0.2, 0.25) is 5.02 Å². The minimum atomic E-state index is -0.534. The Hall–Kier alpha value is -1.62. The molecule has 1 amide bonds. The molecule has 0 aromatic heterocycles. The van der Waals surface area contributed by atoms with Crippen LogP contribution in [-0.2, 0) is 4.79 Å². The lowest BCUT2D eigenvalue weighted by Crippen LogP contribution is -2.08. The first-order chi connectivity index (χ1) is 7.82. The van der Waals surface area contributed by atoms with Gasteiger partial charge in [0.05, 0.1) is 4.92 Å². The van der Waals surface area contributed by atoms with E-state index in [4.69, 9.17) is 11.6 Å². The van der Waals surface area contributed by atoms with Crippen LogP contribution >= 0.6 is 11.6 Å². The Morgan fingerprint density at radius 2 is 2.06 bits per heavy atom. The van der Waals surface area contributed by atoms with E-state index in [0.717, 1.165) is 0 Å². The first-order valence-corrected chi connectivity index (χ1v) is 5.46. The maximum atomic E-state index is 10.9. The largest absolute Gasteiger partial charge is 0.321 e. The normalized spacial score (nSPS) is 10.4. The molecular formula is C11H13ClN2O3. The van der Waals surface area contributed by atoms with Crippen molar-refractivity contribution in [3.8, 4) is 0 Å². The number of benzene rings is 1. The van der Waals surface area contributed by atoms with Crippen LogP contribution in [0.3, 0.4) is 0 Å². The minimum Gasteiger partial charge on any atom is -0.321 e. The lowest BCUT2D eigenvalue weighted by Gasteiger charge is -2.11. The molecule has 6 heteroatoms. The minimum absolute atomic E-state index is 0.0765. The van der Waals surface area contributed by atoms with Crippen LogP contribution in [0, 0.1) is 10.1 Å². The summed E-state index contributed by atoms with van der Waals surface area (Å²) in [4.78, 5) is 21.3. The highest BCUT2D eigenvalue weighted by atomic mass is 35.5. The maximum Gasteiger partial charge on any atom is 0.293 e. The van der Waals surface area contributed by atoms with Crippen LogP contribution < -0.4 is 5.32 Å². The standard InChI is InChI=1S/C11H13ClN2O3/c1-6(2)8-4-11(14(16)17)10(5-9(8)12)13-7(3)15/h4-6H,1-3H3,(H,13,15). The van der Waals surface area contributed by atoms with Crippen molar-refractivity contribution in [3.63, 3.8) is 0 Å². The van der Waals surface area contributed by atoms with Crippen LogP contribution in [0.15, 0.2) is 12.1 Å². The highest BCUT2D eigenvalue weighted by Gasteiger charge is 2.19. The number of carbonyl (C=O) groups excluding carboxylic acids is 1. The lowest BCUT2D eigenvalue weighted by atomic mass is 10.0. The molecule has 0 atom stereocenters. The molecule has 0 spiro atoms. The van der Waals surface area contributed by atoms with Gasteiger partial charge in [-0.05, 0) is 17.5 Å². The van der Waals surface area contributed by atoms with Gasteiger partial charge in [0.1, 0.15) is 5.69 Å². The van der Waals surface area contributed by atoms with Gasteiger partial charge in [0.15, 0.2) is 0 Å². The number of halogens is 1. The van der Waals surface area contributed by atoms with Crippen molar-refractivity contribution < 1.29 is 9.72 Å². The highest BCUT2D eigenvalue weighted by molar-refractivity contribution is 6.32. The van der Waals surface area contributed by atoms with Gasteiger partial charge in [-0.3, -0.25) is 14.9 Å².